The summed E-state index contributed by atoms with van der Waals surface area (Å²) in [5, 5.41) is 17.9. The summed E-state index contributed by atoms with van der Waals surface area (Å²) < 4.78 is 0. The molecule has 0 aromatic heterocycles. The third-order valence-electron chi connectivity index (χ3n) is 2.81. The SMILES string of the molecule is N#CC1C2=C(C(=O)C1Br)C(C#N)C(Br)C2=O. The van der Waals surface area contributed by atoms with Gasteiger partial charge in [-0.05, 0) is 0 Å². The number of alkyl halides is 2. The molecular formula is C10H4Br2N2O2. The number of halogens is 2. The van der Waals surface area contributed by atoms with Gasteiger partial charge in [-0.2, -0.15) is 10.5 Å². The summed E-state index contributed by atoms with van der Waals surface area (Å²) in [5.74, 6) is -2.17. The average molecular weight is 344 g/mol. The molecule has 0 saturated heterocycles. The highest BCUT2D eigenvalue weighted by atomic mass is 79.9. The minimum Gasteiger partial charge on any atom is -0.293 e. The van der Waals surface area contributed by atoms with Gasteiger partial charge < -0.3 is 0 Å². The third-order valence-corrected chi connectivity index (χ3v) is 4.70. The van der Waals surface area contributed by atoms with Crippen molar-refractivity contribution in [3.05, 3.63) is 11.1 Å². The first-order valence-corrected chi connectivity index (χ1v) is 6.27. The summed E-state index contributed by atoms with van der Waals surface area (Å²) in [5.41, 5.74) is 0.422. The van der Waals surface area contributed by atoms with Crippen LogP contribution in [0.1, 0.15) is 0 Å². The van der Waals surface area contributed by atoms with Gasteiger partial charge in [0.25, 0.3) is 0 Å². The van der Waals surface area contributed by atoms with Crippen LogP contribution in [0.15, 0.2) is 11.1 Å². The Bertz CT molecular complexity index is 466. The van der Waals surface area contributed by atoms with Gasteiger partial charge in [0.15, 0.2) is 11.6 Å². The third kappa shape index (κ3) is 1.24. The van der Waals surface area contributed by atoms with Gasteiger partial charge in [-0.25, -0.2) is 0 Å². The van der Waals surface area contributed by atoms with Crippen molar-refractivity contribution in [2.24, 2.45) is 11.8 Å². The van der Waals surface area contributed by atoms with Crippen molar-refractivity contribution in [3.63, 3.8) is 0 Å². The smallest absolute Gasteiger partial charge is 0.175 e. The molecule has 16 heavy (non-hydrogen) atoms. The molecule has 0 saturated carbocycles. The van der Waals surface area contributed by atoms with Crippen molar-refractivity contribution in [1.29, 1.82) is 10.5 Å². The van der Waals surface area contributed by atoms with E-state index in [-0.39, 0.29) is 22.7 Å². The zero-order valence-corrected chi connectivity index (χ0v) is 10.9. The summed E-state index contributed by atoms with van der Waals surface area (Å²) in [6.07, 6.45) is 0. The first-order valence-electron chi connectivity index (χ1n) is 4.44. The number of carbonyl (C=O) groups excluding carboxylic acids is 2. The lowest BCUT2D eigenvalue weighted by atomic mass is 9.97. The molecule has 0 spiro atoms. The first-order chi connectivity index (χ1) is 7.54. The second-order valence-corrected chi connectivity index (χ2v) is 5.55. The van der Waals surface area contributed by atoms with Crippen LogP contribution in [0.2, 0.25) is 0 Å². The van der Waals surface area contributed by atoms with Crippen molar-refractivity contribution in [2.45, 2.75) is 9.65 Å². The molecule has 4 unspecified atom stereocenters. The van der Waals surface area contributed by atoms with E-state index in [2.05, 4.69) is 31.9 Å². The van der Waals surface area contributed by atoms with Crippen LogP contribution in [0.5, 0.6) is 0 Å². The van der Waals surface area contributed by atoms with E-state index >= 15 is 0 Å². The van der Waals surface area contributed by atoms with Crippen molar-refractivity contribution in [2.75, 3.05) is 0 Å². The number of Topliss-reactive ketones (excluding diaryl/α,β-unsaturated/α-hetero) is 2. The Morgan fingerprint density at radius 1 is 0.875 bits per heavy atom. The van der Waals surface area contributed by atoms with Crippen LogP contribution >= 0.6 is 31.9 Å². The Balaban J connectivity index is 2.60. The fourth-order valence-corrected chi connectivity index (χ4v) is 3.32. The highest BCUT2D eigenvalue weighted by molar-refractivity contribution is 9.10. The van der Waals surface area contributed by atoms with Gasteiger partial charge in [0.2, 0.25) is 0 Å². The Morgan fingerprint density at radius 2 is 1.19 bits per heavy atom. The molecule has 2 aliphatic rings. The lowest BCUT2D eigenvalue weighted by Gasteiger charge is -2.12. The largest absolute Gasteiger partial charge is 0.293 e. The van der Waals surface area contributed by atoms with Crippen LogP contribution < -0.4 is 0 Å². The maximum atomic E-state index is 11.8. The Hall–Kier alpha value is -0.980. The molecule has 2 rings (SSSR count). The van der Waals surface area contributed by atoms with Crippen LogP contribution in [0.25, 0.3) is 0 Å². The second kappa shape index (κ2) is 3.80. The van der Waals surface area contributed by atoms with Gasteiger partial charge in [-0.15, -0.1) is 0 Å². The van der Waals surface area contributed by atoms with E-state index in [0.717, 1.165) is 0 Å². The molecule has 6 heteroatoms. The number of nitrogens with zero attached hydrogens (tertiary/aromatic N) is 2. The fraction of sp³-hybridized carbons (Fsp3) is 0.400. The molecule has 0 fully saturated rings. The Kier molecular flexibility index (Phi) is 2.73. The van der Waals surface area contributed by atoms with E-state index in [4.69, 9.17) is 10.5 Å². The maximum absolute atomic E-state index is 11.8. The number of hydrogen-bond donors (Lipinski definition) is 0. The van der Waals surface area contributed by atoms with E-state index in [1.165, 1.54) is 0 Å². The van der Waals surface area contributed by atoms with Gasteiger partial charge in [0.05, 0.1) is 33.6 Å². The molecule has 0 aromatic carbocycles. The van der Waals surface area contributed by atoms with Gasteiger partial charge in [0, 0.05) is 11.1 Å². The highest BCUT2D eigenvalue weighted by Crippen LogP contribution is 2.46. The standard InChI is InChI=1S/C10H4Br2N2O2/c11-7-3(1-13)5-6(10(7)16)4(2-14)8(12)9(5)15/h3-4,7-8H. The molecule has 0 bridgehead atoms. The topological polar surface area (TPSA) is 81.7 Å². The number of rotatable bonds is 0. The molecule has 4 atom stereocenters. The van der Waals surface area contributed by atoms with Crippen LogP contribution in [0.4, 0.5) is 0 Å². The maximum Gasteiger partial charge on any atom is 0.175 e. The predicted molar refractivity (Wildman–Crippen MR) is 60.7 cm³/mol. The highest BCUT2D eigenvalue weighted by Gasteiger charge is 2.54. The van der Waals surface area contributed by atoms with Crippen LogP contribution in [0.3, 0.4) is 0 Å². The summed E-state index contributed by atoms with van der Waals surface area (Å²) in [4.78, 5) is 22.3. The first kappa shape index (κ1) is 11.5. The lowest BCUT2D eigenvalue weighted by molar-refractivity contribution is -0.115. The average Bonchev–Trinajstić information content (AvgIpc) is 2.66. The molecule has 4 nitrogen and oxygen atoms in total. The molecule has 80 valence electrons. The van der Waals surface area contributed by atoms with E-state index < -0.39 is 21.5 Å². The second-order valence-electron chi connectivity index (χ2n) is 3.57. The zero-order valence-electron chi connectivity index (χ0n) is 7.78. The van der Waals surface area contributed by atoms with Gasteiger partial charge in [0.1, 0.15) is 0 Å². The molecule has 0 aromatic rings. The Morgan fingerprint density at radius 3 is 1.44 bits per heavy atom. The monoisotopic (exact) mass is 342 g/mol. The van der Waals surface area contributed by atoms with Crippen molar-refractivity contribution in [1.82, 2.24) is 0 Å². The normalized spacial score (nSPS) is 37.2. The van der Waals surface area contributed by atoms with Crippen molar-refractivity contribution >= 4 is 43.4 Å². The molecule has 0 N–H and O–H groups in total. The van der Waals surface area contributed by atoms with Crippen LogP contribution in [-0.2, 0) is 9.59 Å². The van der Waals surface area contributed by atoms with E-state index in [9.17, 15) is 9.59 Å². The molecule has 0 radical (unpaired) electrons. The number of carbonyl (C=O) groups is 2. The van der Waals surface area contributed by atoms with Crippen molar-refractivity contribution < 1.29 is 9.59 Å². The Labute approximate surface area is 108 Å². The summed E-state index contributed by atoms with van der Waals surface area (Å²) >= 11 is 6.20. The minimum absolute atomic E-state index is 0.211. The van der Waals surface area contributed by atoms with Crippen LogP contribution in [0, 0.1) is 34.5 Å². The minimum atomic E-state index is -0.770. The lowest BCUT2D eigenvalue weighted by Crippen LogP contribution is -2.27. The molecule has 0 amide bonds. The quantitative estimate of drug-likeness (QED) is 0.620. The van der Waals surface area contributed by atoms with Gasteiger partial charge in [-0.1, -0.05) is 31.9 Å². The van der Waals surface area contributed by atoms with Crippen LogP contribution in [-0.4, -0.2) is 21.2 Å². The molecule has 2 aliphatic carbocycles. The molecule has 0 heterocycles. The van der Waals surface area contributed by atoms with Crippen molar-refractivity contribution in [3.8, 4) is 12.1 Å². The summed E-state index contributed by atoms with van der Waals surface area (Å²) in [7, 11) is 0. The predicted octanol–water partition coefficient (Wildman–Crippen LogP) is 1.25. The van der Waals surface area contributed by atoms with E-state index in [1.807, 2.05) is 12.1 Å². The fourth-order valence-electron chi connectivity index (χ4n) is 2.06. The number of nitriles is 2. The van der Waals surface area contributed by atoms with Gasteiger partial charge in [-0.3, -0.25) is 9.59 Å². The zero-order chi connectivity index (χ0) is 12.0. The number of ketones is 2. The van der Waals surface area contributed by atoms with E-state index in [0.29, 0.717) is 0 Å². The molecule has 0 aliphatic heterocycles. The van der Waals surface area contributed by atoms with Gasteiger partial charge >= 0.3 is 0 Å². The van der Waals surface area contributed by atoms with E-state index in [1.54, 1.807) is 0 Å². The number of hydrogen-bond acceptors (Lipinski definition) is 4. The number of allylic oxidation sites excluding steroid dienone is 2. The molecular weight excluding hydrogens is 340 g/mol. The summed E-state index contributed by atoms with van der Waals surface area (Å²) in [6.45, 7) is 0. The summed E-state index contributed by atoms with van der Waals surface area (Å²) in [6, 6.07) is 3.87.